The number of hydrogen-bond donors (Lipinski definition) is 1. The van der Waals surface area contributed by atoms with Gasteiger partial charge >= 0.3 is 0 Å². The van der Waals surface area contributed by atoms with Crippen molar-refractivity contribution in [3.05, 3.63) is 77.6 Å². The summed E-state index contributed by atoms with van der Waals surface area (Å²) in [6.07, 6.45) is 0.699. The van der Waals surface area contributed by atoms with Crippen molar-refractivity contribution in [3.8, 4) is 22.6 Å². The van der Waals surface area contributed by atoms with Crippen LogP contribution in [0.1, 0.15) is 18.0 Å². The highest BCUT2D eigenvalue weighted by Crippen LogP contribution is 2.32. The Bertz CT molecular complexity index is 1010. The number of carbonyl (C=O) groups is 1. The molecule has 28 heavy (non-hydrogen) atoms. The summed E-state index contributed by atoms with van der Waals surface area (Å²) in [7, 11) is 0. The van der Waals surface area contributed by atoms with Crippen LogP contribution in [0.2, 0.25) is 0 Å². The van der Waals surface area contributed by atoms with Crippen molar-refractivity contribution in [2.45, 2.75) is 19.8 Å². The molecule has 140 valence electrons. The highest BCUT2D eigenvalue weighted by Gasteiger charge is 2.17. The Labute approximate surface area is 167 Å². The van der Waals surface area contributed by atoms with Crippen molar-refractivity contribution in [2.24, 2.45) is 0 Å². The van der Waals surface area contributed by atoms with Gasteiger partial charge in [-0.05, 0) is 6.92 Å². The summed E-state index contributed by atoms with van der Waals surface area (Å²) in [4.78, 5) is 21.1. The van der Waals surface area contributed by atoms with Crippen LogP contribution in [-0.2, 0) is 11.2 Å². The molecular weight excluding hydrogens is 370 g/mol. The summed E-state index contributed by atoms with van der Waals surface area (Å²) in [5, 5.41) is 5.34. The second-order valence-electron chi connectivity index (χ2n) is 6.36. The quantitative estimate of drug-likeness (QED) is 0.483. The molecule has 2 heterocycles. The number of rotatable bonds is 6. The molecule has 0 unspecified atom stereocenters. The largest absolute Gasteiger partial charge is 0.440 e. The van der Waals surface area contributed by atoms with E-state index < -0.39 is 0 Å². The molecule has 1 amide bonds. The van der Waals surface area contributed by atoms with E-state index in [9.17, 15) is 4.79 Å². The first-order valence-electron chi connectivity index (χ1n) is 9.01. The fourth-order valence-corrected chi connectivity index (χ4v) is 3.57. The fourth-order valence-electron chi connectivity index (χ4n) is 2.86. The molecule has 0 aliphatic heterocycles. The number of oxazole rings is 1. The average Bonchev–Trinajstić information content (AvgIpc) is 3.34. The van der Waals surface area contributed by atoms with Crippen LogP contribution < -0.4 is 5.32 Å². The van der Waals surface area contributed by atoms with Crippen LogP contribution >= 0.6 is 11.3 Å². The minimum atomic E-state index is -0.102. The van der Waals surface area contributed by atoms with Gasteiger partial charge in [-0.1, -0.05) is 60.7 Å². The zero-order valence-electron chi connectivity index (χ0n) is 15.4. The monoisotopic (exact) mass is 389 g/mol. The highest BCUT2D eigenvalue weighted by molar-refractivity contribution is 7.13. The van der Waals surface area contributed by atoms with Crippen LogP contribution in [0.3, 0.4) is 0 Å². The molecule has 4 aromatic rings. The van der Waals surface area contributed by atoms with Gasteiger partial charge in [0.1, 0.15) is 5.69 Å². The Morgan fingerprint density at radius 2 is 1.68 bits per heavy atom. The number of nitrogens with one attached hydrogen (secondary N) is 1. The van der Waals surface area contributed by atoms with Gasteiger partial charge in [-0.2, -0.15) is 0 Å². The minimum absolute atomic E-state index is 0.102. The van der Waals surface area contributed by atoms with Gasteiger partial charge in [-0.15, -0.1) is 11.3 Å². The lowest BCUT2D eigenvalue weighted by Crippen LogP contribution is -2.12. The number of benzene rings is 2. The predicted octanol–water partition coefficient (Wildman–Crippen LogP) is 5.34. The highest BCUT2D eigenvalue weighted by atomic mass is 32.1. The number of thiazole rings is 1. The van der Waals surface area contributed by atoms with E-state index in [1.807, 2.05) is 73.0 Å². The maximum atomic E-state index is 12.2. The molecule has 0 atom stereocenters. The SMILES string of the molecule is Cc1csc(NC(=O)CCc2nc(-c3ccccc3)c(-c3ccccc3)o2)n1. The Morgan fingerprint density at radius 1 is 1.00 bits per heavy atom. The van der Waals surface area contributed by atoms with Crippen molar-refractivity contribution in [1.29, 1.82) is 0 Å². The zero-order chi connectivity index (χ0) is 19.3. The van der Waals surface area contributed by atoms with Crippen LogP contribution in [0.5, 0.6) is 0 Å². The Hall–Kier alpha value is -3.25. The van der Waals surface area contributed by atoms with Crippen molar-refractivity contribution in [3.63, 3.8) is 0 Å². The summed E-state index contributed by atoms with van der Waals surface area (Å²) in [6.45, 7) is 1.90. The number of anilines is 1. The molecule has 0 radical (unpaired) electrons. The standard InChI is InChI=1S/C22H19N3O2S/c1-15-14-28-22(23-15)24-18(26)12-13-19-25-20(16-8-4-2-5-9-16)21(27-19)17-10-6-3-7-11-17/h2-11,14H,12-13H2,1H3,(H,23,24,26). The predicted molar refractivity (Wildman–Crippen MR) is 111 cm³/mol. The van der Waals surface area contributed by atoms with E-state index >= 15 is 0 Å². The van der Waals surface area contributed by atoms with E-state index in [0.29, 0.717) is 17.4 Å². The number of amides is 1. The van der Waals surface area contributed by atoms with E-state index in [4.69, 9.17) is 4.42 Å². The molecular formula is C22H19N3O2S. The van der Waals surface area contributed by atoms with Gasteiger partial charge in [-0.25, -0.2) is 9.97 Å². The van der Waals surface area contributed by atoms with Gasteiger partial charge in [0.15, 0.2) is 16.8 Å². The second-order valence-corrected chi connectivity index (χ2v) is 7.22. The van der Waals surface area contributed by atoms with Crippen molar-refractivity contribution < 1.29 is 9.21 Å². The number of nitrogens with zero attached hydrogens (tertiary/aromatic N) is 2. The van der Waals surface area contributed by atoms with Crippen LogP contribution in [0.25, 0.3) is 22.6 Å². The third-order valence-corrected chi connectivity index (χ3v) is 5.06. The van der Waals surface area contributed by atoms with Crippen molar-refractivity contribution in [2.75, 3.05) is 5.32 Å². The third-order valence-electron chi connectivity index (χ3n) is 4.19. The first kappa shape index (κ1) is 18.1. The number of hydrogen-bond acceptors (Lipinski definition) is 5. The first-order chi connectivity index (χ1) is 13.7. The zero-order valence-corrected chi connectivity index (χ0v) is 16.2. The number of aromatic nitrogens is 2. The maximum Gasteiger partial charge on any atom is 0.226 e. The number of carbonyl (C=O) groups excluding carboxylic acids is 1. The number of aryl methyl sites for hydroxylation is 2. The Kier molecular flexibility index (Phi) is 5.30. The van der Waals surface area contributed by atoms with Crippen molar-refractivity contribution >= 4 is 22.4 Å². The van der Waals surface area contributed by atoms with Gasteiger partial charge in [0.25, 0.3) is 0 Å². The molecule has 0 saturated carbocycles. The fraction of sp³-hybridized carbons (Fsp3) is 0.136. The molecule has 0 fully saturated rings. The summed E-state index contributed by atoms with van der Waals surface area (Å²) < 4.78 is 6.06. The van der Waals surface area contributed by atoms with E-state index in [1.165, 1.54) is 11.3 Å². The van der Waals surface area contributed by atoms with Crippen LogP contribution in [-0.4, -0.2) is 15.9 Å². The molecule has 0 aliphatic carbocycles. The van der Waals surface area contributed by atoms with Gasteiger partial charge in [0.2, 0.25) is 5.91 Å². The van der Waals surface area contributed by atoms with E-state index in [2.05, 4.69) is 15.3 Å². The van der Waals surface area contributed by atoms with Crippen LogP contribution in [0.4, 0.5) is 5.13 Å². The molecule has 5 nitrogen and oxygen atoms in total. The molecule has 1 N–H and O–H groups in total. The Morgan fingerprint density at radius 3 is 2.32 bits per heavy atom. The molecule has 2 aromatic heterocycles. The maximum absolute atomic E-state index is 12.2. The lowest BCUT2D eigenvalue weighted by Gasteiger charge is -2.01. The normalized spacial score (nSPS) is 10.8. The molecule has 4 rings (SSSR count). The molecule has 2 aromatic carbocycles. The molecule has 0 spiro atoms. The van der Waals surface area contributed by atoms with Gasteiger partial charge < -0.3 is 9.73 Å². The lowest BCUT2D eigenvalue weighted by atomic mass is 10.1. The van der Waals surface area contributed by atoms with E-state index in [0.717, 1.165) is 28.3 Å². The van der Waals surface area contributed by atoms with Gasteiger partial charge in [0.05, 0.1) is 5.69 Å². The third kappa shape index (κ3) is 4.18. The topological polar surface area (TPSA) is 68.0 Å². The summed E-state index contributed by atoms with van der Waals surface area (Å²) in [6, 6.07) is 19.8. The average molecular weight is 389 g/mol. The molecule has 0 saturated heterocycles. The lowest BCUT2D eigenvalue weighted by molar-refractivity contribution is -0.116. The smallest absolute Gasteiger partial charge is 0.226 e. The summed E-state index contributed by atoms with van der Waals surface area (Å²) >= 11 is 1.42. The molecule has 0 bridgehead atoms. The minimum Gasteiger partial charge on any atom is -0.440 e. The summed E-state index contributed by atoms with van der Waals surface area (Å²) in [5.41, 5.74) is 3.63. The summed E-state index contributed by atoms with van der Waals surface area (Å²) in [5.74, 6) is 1.16. The molecule has 0 aliphatic rings. The van der Waals surface area contributed by atoms with Crippen molar-refractivity contribution in [1.82, 2.24) is 9.97 Å². The van der Waals surface area contributed by atoms with Crippen LogP contribution in [0, 0.1) is 6.92 Å². The van der Waals surface area contributed by atoms with E-state index in [1.54, 1.807) is 0 Å². The first-order valence-corrected chi connectivity index (χ1v) is 9.89. The van der Waals surface area contributed by atoms with E-state index in [-0.39, 0.29) is 12.3 Å². The second kappa shape index (κ2) is 8.19. The van der Waals surface area contributed by atoms with Crippen LogP contribution in [0.15, 0.2) is 70.5 Å². The Balaban J connectivity index is 1.54. The van der Waals surface area contributed by atoms with Gasteiger partial charge in [0, 0.05) is 29.3 Å². The molecule has 6 heteroatoms. The van der Waals surface area contributed by atoms with Gasteiger partial charge in [-0.3, -0.25) is 4.79 Å².